The van der Waals surface area contributed by atoms with Crippen LogP contribution in [0.4, 0.5) is 30.6 Å². The number of benzene rings is 1. The second-order valence-electron chi connectivity index (χ2n) is 7.14. The van der Waals surface area contributed by atoms with Crippen LogP contribution >= 0.6 is 0 Å². The zero-order chi connectivity index (χ0) is 19.5. The number of aliphatic hydroxyl groups excluding tert-OH is 1. The van der Waals surface area contributed by atoms with Crippen molar-refractivity contribution in [3.63, 3.8) is 0 Å². The maximum atomic E-state index is 13.1. The van der Waals surface area contributed by atoms with Crippen LogP contribution in [0.15, 0.2) is 30.3 Å². The Morgan fingerprint density at radius 1 is 1.08 bits per heavy atom. The van der Waals surface area contributed by atoms with E-state index in [1.165, 1.54) is 0 Å². The molecule has 0 saturated heterocycles. The summed E-state index contributed by atoms with van der Waals surface area (Å²) in [5, 5.41) is 14.6. The van der Waals surface area contributed by atoms with E-state index in [9.17, 15) is 13.2 Å². The first kappa shape index (κ1) is 20.0. The van der Waals surface area contributed by atoms with E-state index in [-0.39, 0.29) is 23.8 Å². The average Bonchev–Trinajstić information content (AvgIpc) is 2.53. The number of nitrogens with one attached hydrogen (secondary N) is 2. The van der Waals surface area contributed by atoms with Gasteiger partial charge in [0, 0.05) is 17.8 Å². The summed E-state index contributed by atoms with van der Waals surface area (Å²) in [6.45, 7) is 7.60. The number of hydrogen-bond acceptors (Lipinski definition) is 5. The molecule has 2 aromatic rings. The molecule has 0 spiro atoms. The van der Waals surface area contributed by atoms with Crippen molar-refractivity contribution >= 4 is 17.5 Å². The minimum absolute atomic E-state index is 0.0171. The number of anilines is 3. The number of rotatable bonds is 5. The van der Waals surface area contributed by atoms with Gasteiger partial charge in [-0.3, -0.25) is 0 Å². The van der Waals surface area contributed by atoms with E-state index in [0.717, 1.165) is 11.6 Å². The highest BCUT2D eigenvalue weighted by molar-refractivity contribution is 5.58. The highest BCUT2D eigenvalue weighted by Crippen LogP contribution is 2.31. The van der Waals surface area contributed by atoms with Crippen LogP contribution in [0, 0.1) is 0 Å². The zero-order valence-electron chi connectivity index (χ0n) is 15.1. The fourth-order valence-electron chi connectivity index (χ4n) is 2.19. The highest BCUT2D eigenvalue weighted by atomic mass is 19.4. The van der Waals surface area contributed by atoms with Gasteiger partial charge >= 0.3 is 6.18 Å². The van der Waals surface area contributed by atoms with Crippen LogP contribution in [-0.4, -0.2) is 27.7 Å². The van der Waals surface area contributed by atoms with Gasteiger partial charge in [0.1, 0.15) is 5.82 Å². The molecule has 0 bridgehead atoms. The quantitative estimate of drug-likeness (QED) is 0.733. The third-order valence-electron chi connectivity index (χ3n) is 3.69. The molecule has 5 nitrogen and oxygen atoms in total. The fourth-order valence-corrected chi connectivity index (χ4v) is 2.19. The van der Waals surface area contributed by atoms with Gasteiger partial charge in [-0.2, -0.15) is 18.2 Å². The molecule has 0 saturated carbocycles. The molecule has 1 aromatic heterocycles. The maximum Gasteiger partial charge on any atom is 0.433 e. The standard InChI is InChI=1S/C18H23F3N4O/c1-11(10-26)22-16-24-14(18(19,20)21)9-15(25-16)23-13-7-5-12(6-8-13)17(2,3)4/h5-9,11,26H,10H2,1-4H3,(H2,22,23,24,25)/t11-/m0/s1. The smallest absolute Gasteiger partial charge is 0.394 e. The Bertz CT molecular complexity index is 740. The monoisotopic (exact) mass is 368 g/mol. The average molecular weight is 368 g/mol. The number of alkyl halides is 3. The number of nitrogens with zero attached hydrogens (tertiary/aromatic N) is 2. The van der Waals surface area contributed by atoms with Crippen molar-refractivity contribution in [2.75, 3.05) is 17.2 Å². The summed E-state index contributed by atoms with van der Waals surface area (Å²) in [4.78, 5) is 7.54. The van der Waals surface area contributed by atoms with Crippen molar-refractivity contribution in [1.82, 2.24) is 9.97 Å². The molecular weight excluding hydrogens is 345 g/mol. The second kappa shape index (κ2) is 7.49. The summed E-state index contributed by atoms with van der Waals surface area (Å²) in [5.74, 6) is -0.182. The molecule has 0 amide bonds. The molecule has 1 heterocycles. The highest BCUT2D eigenvalue weighted by Gasteiger charge is 2.34. The van der Waals surface area contributed by atoms with Crippen molar-refractivity contribution in [2.45, 2.75) is 45.3 Å². The van der Waals surface area contributed by atoms with E-state index < -0.39 is 17.9 Å². The van der Waals surface area contributed by atoms with Gasteiger partial charge in [0.05, 0.1) is 6.61 Å². The van der Waals surface area contributed by atoms with Gasteiger partial charge < -0.3 is 15.7 Å². The Labute approximate surface area is 150 Å². The fraction of sp³-hybridized carbons (Fsp3) is 0.444. The van der Waals surface area contributed by atoms with E-state index in [2.05, 4.69) is 41.4 Å². The first-order valence-electron chi connectivity index (χ1n) is 8.20. The summed E-state index contributed by atoms with van der Waals surface area (Å²) in [5.41, 5.74) is 0.648. The van der Waals surface area contributed by atoms with Gasteiger partial charge in [-0.15, -0.1) is 0 Å². The molecule has 0 aliphatic heterocycles. The summed E-state index contributed by atoms with van der Waals surface area (Å²) >= 11 is 0. The molecule has 0 unspecified atom stereocenters. The molecule has 1 aromatic carbocycles. The van der Waals surface area contributed by atoms with Crippen LogP contribution in [0.2, 0.25) is 0 Å². The van der Waals surface area contributed by atoms with Crippen LogP contribution in [0.1, 0.15) is 39.0 Å². The van der Waals surface area contributed by atoms with Crippen molar-refractivity contribution < 1.29 is 18.3 Å². The predicted molar refractivity (Wildman–Crippen MR) is 95.6 cm³/mol. The Hall–Kier alpha value is -2.35. The van der Waals surface area contributed by atoms with Crippen molar-refractivity contribution in [2.24, 2.45) is 0 Å². The normalized spacial score (nSPS) is 13.4. The molecule has 26 heavy (non-hydrogen) atoms. The van der Waals surface area contributed by atoms with Gasteiger partial charge in [-0.25, -0.2) is 4.98 Å². The molecule has 0 aliphatic carbocycles. The van der Waals surface area contributed by atoms with E-state index in [1.807, 2.05) is 12.1 Å². The summed E-state index contributed by atoms with van der Waals surface area (Å²) < 4.78 is 39.3. The number of hydrogen-bond donors (Lipinski definition) is 3. The van der Waals surface area contributed by atoms with Gasteiger partial charge in [0.2, 0.25) is 5.95 Å². The van der Waals surface area contributed by atoms with Crippen LogP contribution < -0.4 is 10.6 Å². The van der Waals surface area contributed by atoms with Crippen molar-refractivity contribution in [1.29, 1.82) is 0 Å². The Morgan fingerprint density at radius 2 is 1.69 bits per heavy atom. The predicted octanol–water partition coefficient (Wildman–Crippen LogP) is 4.33. The molecule has 3 N–H and O–H groups in total. The number of halogens is 3. The SMILES string of the molecule is C[C@@H](CO)Nc1nc(Nc2ccc(C(C)(C)C)cc2)cc(C(F)(F)F)n1. The Kier molecular flexibility index (Phi) is 5.75. The molecule has 8 heteroatoms. The minimum atomic E-state index is -4.60. The lowest BCUT2D eigenvalue weighted by molar-refractivity contribution is -0.141. The van der Waals surface area contributed by atoms with E-state index in [4.69, 9.17) is 5.11 Å². The molecule has 0 aliphatic rings. The lowest BCUT2D eigenvalue weighted by atomic mass is 9.87. The first-order valence-corrected chi connectivity index (χ1v) is 8.20. The van der Waals surface area contributed by atoms with Gasteiger partial charge in [0.15, 0.2) is 5.69 Å². The Balaban J connectivity index is 2.31. The van der Waals surface area contributed by atoms with Crippen LogP contribution in [-0.2, 0) is 11.6 Å². The number of aromatic nitrogens is 2. The van der Waals surface area contributed by atoms with E-state index in [1.54, 1.807) is 19.1 Å². The molecule has 1 atom stereocenters. The topological polar surface area (TPSA) is 70.1 Å². The third kappa shape index (κ3) is 5.32. The summed E-state index contributed by atoms with van der Waals surface area (Å²) in [7, 11) is 0. The first-order chi connectivity index (χ1) is 12.0. The zero-order valence-corrected chi connectivity index (χ0v) is 15.1. The van der Waals surface area contributed by atoms with E-state index >= 15 is 0 Å². The molecular formula is C18H23F3N4O. The van der Waals surface area contributed by atoms with Crippen LogP contribution in [0.25, 0.3) is 0 Å². The minimum Gasteiger partial charge on any atom is -0.394 e. The molecule has 0 fully saturated rings. The molecule has 2 rings (SSSR count). The largest absolute Gasteiger partial charge is 0.433 e. The van der Waals surface area contributed by atoms with Crippen LogP contribution in [0.3, 0.4) is 0 Å². The van der Waals surface area contributed by atoms with Gasteiger partial charge in [-0.05, 0) is 30.0 Å². The van der Waals surface area contributed by atoms with Gasteiger partial charge in [0.25, 0.3) is 0 Å². The number of aliphatic hydroxyl groups is 1. The van der Waals surface area contributed by atoms with Crippen molar-refractivity contribution in [3.8, 4) is 0 Å². The maximum absolute atomic E-state index is 13.1. The van der Waals surface area contributed by atoms with Crippen LogP contribution in [0.5, 0.6) is 0 Å². The second-order valence-corrected chi connectivity index (χ2v) is 7.14. The third-order valence-corrected chi connectivity index (χ3v) is 3.69. The summed E-state index contributed by atoms with van der Waals surface area (Å²) in [6.07, 6.45) is -4.60. The van der Waals surface area contributed by atoms with Crippen molar-refractivity contribution in [3.05, 3.63) is 41.6 Å². The van der Waals surface area contributed by atoms with E-state index in [0.29, 0.717) is 5.69 Å². The lowest BCUT2D eigenvalue weighted by Gasteiger charge is -2.19. The molecule has 142 valence electrons. The Morgan fingerprint density at radius 3 is 2.19 bits per heavy atom. The summed E-state index contributed by atoms with van der Waals surface area (Å²) in [6, 6.07) is 7.80. The lowest BCUT2D eigenvalue weighted by Crippen LogP contribution is -2.22. The molecule has 0 radical (unpaired) electrons. The van der Waals surface area contributed by atoms with Gasteiger partial charge in [-0.1, -0.05) is 32.9 Å².